The molecule has 2 rings (SSSR count). The molecule has 0 bridgehead atoms. The molecular weight excluding hydrogens is 301 g/mol. The number of allylic oxidation sites excluding steroid dienone is 1. The zero-order valence-electron chi connectivity index (χ0n) is 11.6. The maximum Gasteiger partial charge on any atom is 0.409 e. The van der Waals surface area contributed by atoms with Crippen molar-refractivity contribution in [3.8, 4) is 11.3 Å². The minimum absolute atomic E-state index is 0.168. The number of pyridine rings is 1. The van der Waals surface area contributed by atoms with Crippen LogP contribution in [0, 0.1) is 11.6 Å². The molecule has 116 valence electrons. The van der Waals surface area contributed by atoms with Gasteiger partial charge < -0.3 is 0 Å². The number of nitrogens with zero attached hydrogens (tertiary/aromatic N) is 1. The standard InChI is InChI=1S/C16H12F5N/c1-2-10-3-4-15(22-9-10)11-7-13(17)12(14(18)8-11)5-6-16(19,20)21/h3-9H,2H2,1H3/b6-5+. The van der Waals surface area contributed by atoms with Crippen LogP contribution in [-0.2, 0) is 6.42 Å². The van der Waals surface area contributed by atoms with Crippen LogP contribution in [0.5, 0.6) is 0 Å². The van der Waals surface area contributed by atoms with Crippen molar-refractivity contribution in [2.24, 2.45) is 0 Å². The summed E-state index contributed by atoms with van der Waals surface area (Å²) in [5, 5.41) is 0. The van der Waals surface area contributed by atoms with Crippen LogP contribution < -0.4 is 0 Å². The molecule has 0 spiro atoms. The van der Waals surface area contributed by atoms with E-state index in [9.17, 15) is 22.0 Å². The lowest BCUT2D eigenvalue weighted by atomic mass is 10.1. The molecule has 0 aliphatic carbocycles. The van der Waals surface area contributed by atoms with Crippen LogP contribution >= 0.6 is 0 Å². The van der Waals surface area contributed by atoms with Crippen LogP contribution in [0.15, 0.2) is 36.5 Å². The number of hydrogen-bond acceptors (Lipinski definition) is 1. The van der Waals surface area contributed by atoms with E-state index in [2.05, 4.69) is 4.98 Å². The van der Waals surface area contributed by atoms with Crippen molar-refractivity contribution >= 4 is 6.08 Å². The third kappa shape index (κ3) is 3.90. The van der Waals surface area contributed by atoms with Crippen LogP contribution in [0.1, 0.15) is 18.1 Å². The molecule has 22 heavy (non-hydrogen) atoms. The molecule has 0 atom stereocenters. The molecule has 0 radical (unpaired) electrons. The van der Waals surface area contributed by atoms with Crippen molar-refractivity contribution in [2.75, 3.05) is 0 Å². The molecule has 0 fully saturated rings. The Balaban J connectivity index is 2.38. The first-order chi connectivity index (χ1) is 10.3. The van der Waals surface area contributed by atoms with Gasteiger partial charge in [-0.05, 0) is 36.3 Å². The summed E-state index contributed by atoms with van der Waals surface area (Å²) in [6.07, 6.45) is -2.10. The van der Waals surface area contributed by atoms with Crippen LogP contribution in [0.2, 0.25) is 0 Å². The Kier molecular flexibility index (Phi) is 4.59. The van der Waals surface area contributed by atoms with Crippen molar-refractivity contribution < 1.29 is 22.0 Å². The van der Waals surface area contributed by atoms with Crippen LogP contribution in [-0.4, -0.2) is 11.2 Å². The van der Waals surface area contributed by atoms with Crippen molar-refractivity contribution in [1.29, 1.82) is 0 Å². The smallest absolute Gasteiger partial charge is 0.256 e. The lowest BCUT2D eigenvalue weighted by Gasteiger charge is -2.06. The molecule has 0 saturated heterocycles. The molecule has 6 heteroatoms. The van der Waals surface area contributed by atoms with Gasteiger partial charge >= 0.3 is 6.18 Å². The van der Waals surface area contributed by atoms with Crippen LogP contribution in [0.25, 0.3) is 17.3 Å². The Bertz CT molecular complexity index is 664. The van der Waals surface area contributed by atoms with Crippen molar-refractivity contribution in [2.45, 2.75) is 19.5 Å². The molecule has 1 nitrogen and oxygen atoms in total. The summed E-state index contributed by atoms with van der Waals surface area (Å²) in [7, 11) is 0. The topological polar surface area (TPSA) is 12.9 Å². The second kappa shape index (κ2) is 6.25. The average molecular weight is 313 g/mol. The molecule has 0 aliphatic rings. The monoisotopic (exact) mass is 313 g/mol. The third-order valence-corrected chi connectivity index (χ3v) is 3.05. The highest BCUT2D eigenvalue weighted by Gasteiger charge is 2.23. The average Bonchev–Trinajstić information content (AvgIpc) is 2.45. The van der Waals surface area contributed by atoms with E-state index in [4.69, 9.17) is 0 Å². The van der Waals surface area contributed by atoms with Crippen molar-refractivity contribution in [1.82, 2.24) is 4.98 Å². The summed E-state index contributed by atoms with van der Waals surface area (Å²) >= 11 is 0. The van der Waals surface area contributed by atoms with Crippen molar-refractivity contribution in [3.63, 3.8) is 0 Å². The first-order valence-corrected chi connectivity index (χ1v) is 6.50. The van der Waals surface area contributed by atoms with Gasteiger partial charge in [0.15, 0.2) is 0 Å². The molecule has 2 aromatic rings. The van der Waals surface area contributed by atoms with E-state index < -0.39 is 23.4 Å². The van der Waals surface area contributed by atoms with Gasteiger partial charge in [-0.1, -0.05) is 13.0 Å². The van der Waals surface area contributed by atoms with Gasteiger partial charge in [-0.3, -0.25) is 4.98 Å². The molecule has 1 heterocycles. The highest BCUT2D eigenvalue weighted by Crippen LogP contribution is 2.26. The number of alkyl halides is 3. The fraction of sp³-hybridized carbons (Fsp3) is 0.188. The maximum atomic E-state index is 13.8. The zero-order valence-corrected chi connectivity index (χ0v) is 11.6. The van der Waals surface area contributed by atoms with Crippen LogP contribution in [0.3, 0.4) is 0 Å². The Morgan fingerprint density at radius 3 is 2.18 bits per heavy atom. The van der Waals surface area contributed by atoms with Gasteiger partial charge in [0.1, 0.15) is 11.6 Å². The lowest BCUT2D eigenvalue weighted by Crippen LogP contribution is -2.01. The highest BCUT2D eigenvalue weighted by molar-refractivity contribution is 5.63. The SMILES string of the molecule is CCc1ccc(-c2cc(F)c(/C=C/C(F)(F)F)c(F)c2)nc1. The lowest BCUT2D eigenvalue weighted by molar-refractivity contribution is -0.0790. The normalized spacial score (nSPS) is 12.1. The minimum atomic E-state index is -4.63. The molecule has 0 aliphatic heterocycles. The second-order valence-electron chi connectivity index (χ2n) is 4.63. The Hall–Kier alpha value is -2.24. The number of rotatable bonds is 3. The maximum absolute atomic E-state index is 13.8. The number of aromatic nitrogens is 1. The minimum Gasteiger partial charge on any atom is -0.256 e. The van der Waals surface area contributed by atoms with Gasteiger partial charge in [-0.25, -0.2) is 8.78 Å². The second-order valence-corrected chi connectivity index (χ2v) is 4.63. The molecule has 0 N–H and O–H groups in total. The largest absolute Gasteiger partial charge is 0.409 e. The fourth-order valence-electron chi connectivity index (χ4n) is 1.87. The predicted molar refractivity (Wildman–Crippen MR) is 74.1 cm³/mol. The van der Waals surface area contributed by atoms with Crippen molar-refractivity contribution in [3.05, 3.63) is 59.3 Å². The zero-order chi connectivity index (χ0) is 16.3. The molecule has 0 amide bonds. The number of hydrogen-bond donors (Lipinski definition) is 0. The van der Waals surface area contributed by atoms with E-state index in [1.807, 2.05) is 6.92 Å². The number of halogens is 5. The molecular formula is C16H12F5N. The molecule has 0 unspecified atom stereocenters. The predicted octanol–water partition coefficient (Wildman–Crippen LogP) is 5.16. The fourth-order valence-corrected chi connectivity index (χ4v) is 1.87. The van der Waals surface area contributed by atoms with Gasteiger partial charge in [0.25, 0.3) is 0 Å². The Morgan fingerprint density at radius 2 is 1.73 bits per heavy atom. The van der Waals surface area contributed by atoms with E-state index in [0.717, 1.165) is 24.1 Å². The van der Waals surface area contributed by atoms with E-state index >= 15 is 0 Å². The Morgan fingerprint density at radius 1 is 1.09 bits per heavy atom. The number of benzene rings is 1. The van der Waals surface area contributed by atoms with Gasteiger partial charge in [0, 0.05) is 23.4 Å². The van der Waals surface area contributed by atoms with Gasteiger partial charge in [0.2, 0.25) is 0 Å². The first-order valence-electron chi connectivity index (χ1n) is 6.50. The van der Waals surface area contributed by atoms with E-state index in [-0.39, 0.29) is 11.6 Å². The van der Waals surface area contributed by atoms with E-state index in [0.29, 0.717) is 11.8 Å². The quantitative estimate of drug-likeness (QED) is 0.713. The summed E-state index contributed by atoms with van der Waals surface area (Å²) in [6, 6.07) is 5.31. The Labute approximate surface area is 124 Å². The van der Waals surface area contributed by atoms with Gasteiger partial charge in [0.05, 0.1) is 5.69 Å². The van der Waals surface area contributed by atoms with Gasteiger partial charge in [-0.15, -0.1) is 0 Å². The third-order valence-electron chi connectivity index (χ3n) is 3.05. The summed E-state index contributed by atoms with van der Waals surface area (Å²) < 4.78 is 63.9. The summed E-state index contributed by atoms with van der Waals surface area (Å²) in [5.41, 5.74) is 0.754. The van der Waals surface area contributed by atoms with E-state index in [1.54, 1.807) is 18.3 Å². The van der Waals surface area contributed by atoms with E-state index in [1.165, 1.54) is 0 Å². The summed E-state index contributed by atoms with van der Waals surface area (Å²) in [6.45, 7) is 1.94. The highest BCUT2D eigenvalue weighted by atomic mass is 19.4. The number of aryl methyl sites for hydroxylation is 1. The van der Waals surface area contributed by atoms with Crippen LogP contribution in [0.4, 0.5) is 22.0 Å². The molecule has 1 aromatic heterocycles. The molecule has 1 aromatic carbocycles. The van der Waals surface area contributed by atoms with Gasteiger partial charge in [-0.2, -0.15) is 13.2 Å². The summed E-state index contributed by atoms with van der Waals surface area (Å²) in [4.78, 5) is 4.09. The summed E-state index contributed by atoms with van der Waals surface area (Å²) in [5.74, 6) is -2.14. The first kappa shape index (κ1) is 16.1. The molecule has 0 saturated carbocycles.